The molecule has 1 saturated heterocycles. The molecule has 1 aliphatic rings. The SMILES string of the molecule is C#C.CC1COCO1.CCOC.O=CO.c1ccccc1. The summed E-state index contributed by atoms with van der Waals surface area (Å²) < 4.78 is 14.3. The van der Waals surface area contributed by atoms with E-state index in [1.165, 1.54) is 0 Å². The van der Waals surface area contributed by atoms with Gasteiger partial charge in [0.2, 0.25) is 0 Å². The minimum Gasteiger partial charge on any atom is -0.483 e. The van der Waals surface area contributed by atoms with Crippen LogP contribution in [-0.4, -0.2) is 44.8 Å². The van der Waals surface area contributed by atoms with Crippen LogP contribution in [0.3, 0.4) is 0 Å². The largest absolute Gasteiger partial charge is 0.483 e. The van der Waals surface area contributed by atoms with E-state index in [0.29, 0.717) is 12.9 Å². The van der Waals surface area contributed by atoms with Crippen LogP contribution in [0.1, 0.15) is 13.8 Å². The Bertz CT molecular complexity index is 253. The van der Waals surface area contributed by atoms with Crippen LogP contribution in [0.15, 0.2) is 36.4 Å². The molecule has 21 heavy (non-hydrogen) atoms. The second-order valence-electron chi connectivity index (χ2n) is 3.30. The first-order valence-corrected chi connectivity index (χ1v) is 6.32. The number of carboxylic acid groups (broad SMARTS) is 1. The maximum Gasteiger partial charge on any atom is 0.290 e. The normalized spacial score (nSPS) is 14.2. The summed E-state index contributed by atoms with van der Waals surface area (Å²) in [5, 5.41) is 6.89. The first-order valence-electron chi connectivity index (χ1n) is 6.32. The van der Waals surface area contributed by atoms with E-state index in [9.17, 15) is 0 Å². The van der Waals surface area contributed by atoms with Crippen molar-refractivity contribution in [3.8, 4) is 12.8 Å². The van der Waals surface area contributed by atoms with E-state index in [1.807, 2.05) is 50.2 Å². The van der Waals surface area contributed by atoms with E-state index >= 15 is 0 Å². The molecule has 1 aliphatic heterocycles. The lowest BCUT2D eigenvalue weighted by atomic mass is 10.4. The predicted octanol–water partition coefficient (Wildman–Crippen LogP) is 2.67. The van der Waals surface area contributed by atoms with Crippen molar-refractivity contribution in [2.45, 2.75) is 20.0 Å². The van der Waals surface area contributed by atoms with Crippen molar-refractivity contribution in [3.05, 3.63) is 36.4 Å². The Morgan fingerprint density at radius 1 is 1.24 bits per heavy atom. The lowest BCUT2D eigenvalue weighted by Gasteiger charge is -1.90. The fourth-order valence-electron chi connectivity index (χ4n) is 0.811. The standard InChI is InChI=1S/C6H6.C4H8O2.C3H8O.C2H2.CH2O2/c1-2-4-6-5-3-1;1-4-2-5-3-6-4;1-3-4-2;1-2;2-1-3/h1-6H;4H,2-3H2,1H3;3H2,1-2H3;1-2H;1H,(H,2,3). The van der Waals surface area contributed by atoms with Crippen LogP contribution in [0.5, 0.6) is 0 Å². The highest BCUT2D eigenvalue weighted by atomic mass is 16.7. The smallest absolute Gasteiger partial charge is 0.290 e. The van der Waals surface area contributed by atoms with Crippen molar-refractivity contribution in [2.24, 2.45) is 0 Å². The van der Waals surface area contributed by atoms with Gasteiger partial charge in [0.1, 0.15) is 6.79 Å². The van der Waals surface area contributed by atoms with Crippen molar-refractivity contribution < 1.29 is 24.1 Å². The third kappa shape index (κ3) is 32.1. The molecule has 1 N–H and O–H groups in total. The zero-order chi connectivity index (χ0) is 16.8. The van der Waals surface area contributed by atoms with Crippen molar-refractivity contribution >= 4 is 6.47 Å². The molecule has 1 heterocycles. The summed E-state index contributed by atoms with van der Waals surface area (Å²) in [7, 11) is 1.68. The van der Waals surface area contributed by atoms with Gasteiger partial charge in [-0.25, -0.2) is 0 Å². The van der Waals surface area contributed by atoms with Crippen molar-refractivity contribution in [1.82, 2.24) is 0 Å². The van der Waals surface area contributed by atoms with Crippen LogP contribution < -0.4 is 0 Å². The Hall–Kier alpha value is -1.87. The van der Waals surface area contributed by atoms with Crippen LogP contribution in [0.4, 0.5) is 0 Å². The summed E-state index contributed by atoms with van der Waals surface area (Å²) in [5.41, 5.74) is 0. The monoisotopic (exact) mass is 298 g/mol. The Balaban J connectivity index is -0.000000205. The number of hydrogen-bond donors (Lipinski definition) is 1. The third-order valence-corrected chi connectivity index (χ3v) is 1.74. The molecule has 0 spiro atoms. The van der Waals surface area contributed by atoms with E-state index in [1.54, 1.807) is 7.11 Å². The van der Waals surface area contributed by atoms with E-state index in [2.05, 4.69) is 17.6 Å². The summed E-state index contributed by atoms with van der Waals surface area (Å²) in [5.74, 6) is 0. The molecule has 120 valence electrons. The minimum atomic E-state index is -0.250. The summed E-state index contributed by atoms with van der Waals surface area (Å²) in [6, 6.07) is 12.0. The Kier molecular flexibility index (Phi) is 30.7. The Morgan fingerprint density at radius 2 is 1.57 bits per heavy atom. The number of ether oxygens (including phenoxy) is 3. The molecular formula is C16H26O5. The number of methoxy groups -OCH3 is 1. The highest BCUT2D eigenvalue weighted by Gasteiger charge is 2.07. The lowest BCUT2D eigenvalue weighted by molar-refractivity contribution is -0.122. The molecule has 1 aromatic rings. The molecule has 5 heteroatoms. The molecule has 0 amide bonds. The number of rotatable bonds is 1. The van der Waals surface area contributed by atoms with Crippen LogP contribution >= 0.6 is 0 Å². The minimum absolute atomic E-state index is 0.250. The maximum atomic E-state index is 8.36. The summed E-state index contributed by atoms with van der Waals surface area (Å²) in [6.45, 7) is 5.77. The van der Waals surface area contributed by atoms with Crippen molar-refractivity contribution in [1.29, 1.82) is 0 Å². The Morgan fingerprint density at radius 3 is 1.67 bits per heavy atom. The van der Waals surface area contributed by atoms with Gasteiger partial charge in [-0.15, -0.1) is 12.8 Å². The van der Waals surface area contributed by atoms with Crippen LogP contribution in [0.25, 0.3) is 0 Å². The van der Waals surface area contributed by atoms with Gasteiger partial charge in [0.25, 0.3) is 6.47 Å². The molecular weight excluding hydrogens is 272 g/mol. The van der Waals surface area contributed by atoms with Gasteiger partial charge in [-0.3, -0.25) is 4.79 Å². The molecule has 1 aromatic carbocycles. The van der Waals surface area contributed by atoms with Gasteiger partial charge in [-0.1, -0.05) is 36.4 Å². The zero-order valence-electron chi connectivity index (χ0n) is 13.0. The molecule has 0 aromatic heterocycles. The van der Waals surface area contributed by atoms with Gasteiger partial charge in [0.05, 0.1) is 12.7 Å². The molecule has 5 nitrogen and oxygen atoms in total. The number of hydrogen-bond acceptors (Lipinski definition) is 4. The van der Waals surface area contributed by atoms with Gasteiger partial charge in [-0.2, -0.15) is 0 Å². The third-order valence-electron chi connectivity index (χ3n) is 1.74. The molecule has 0 radical (unpaired) electrons. The fourth-order valence-corrected chi connectivity index (χ4v) is 0.811. The van der Waals surface area contributed by atoms with Crippen molar-refractivity contribution in [3.63, 3.8) is 0 Å². The molecule has 1 unspecified atom stereocenters. The van der Waals surface area contributed by atoms with Gasteiger partial charge >= 0.3 is 0 Å². The van der Waals surface area contributed by atoms with Gasteiger partial charge in [0, 0.05) is 13.7 Å². The quantitative estimate of drug-likeness (QED) is 0.638. The van der Waals surface area contributed by atoms with E-state index in [0.717, 1.165) is 13.2 Å². The van der Waals surface area contributed by atoms with E-state index < -0.39 is 0 Å². The molecule has 0 saturated carbocycles. The number of benzene rings is 1. The highest BCUT2D eigenvalue weighted by Crippen LogP contribution is 1.98. The second-order valence-corrected chi connectivity index (χ2v) is 3.30. The topological polar surface area (TPSA) is 65.0 Å². The van der Waals surface area contributed by atoms with Crippen LogP contribution in [0.2, 0.25) is 0 Å². The highest BCUT2D eigenvalue weighted by molar-refractivity contribution is 5.32. The fraction of sp³-hybridized carbons (Fsp3) is 0.438. The number of carbonyl (C=O) groups is 1. The summed E-state index contributed by atoms with van der Waals surface area (Å²) >= 11 is 0. The second kappa shape index (κ2) is 26.6. The molecule has 1 fully saturated rings. The van der Waals surface area contributed by atoms with Crippen LogP contribution in [-0.2, 0) is 19.0 Å². The lowest BCUT2D eigenvalue weighted by Crippen LogP contribution is -2.00. The van der Waals surface area contributed by atoms with Gasteiger partial charge in [0.15, 0.2) is 0 Å². The van der Waals surface area contributed by atoms with Gasteiger partial charge < -0.3 is 19.3 Å². The average Bonchev–Trinajstić information content (AvgIpc) is 3.04. The first-order chi connectivity index (χ1) is 10.2. The van der Waals surface area contributed by atoms with Gasteiger partial charge in [-0.05, 0) is 13.8 Å². The predicted molar refractivity (Wildman–Crippen MR) is 83.9 cm³/mol. The summed E-state index contributed by atoms with van der Waals surface area (Å²) in [6.07, 6.45) is 8.32. The first kappa shape index (κ1) is 24.2. The van der Waals surface area contributed by atoms with Crippen LogP contribution in [0, 0.1) is 12.8 Å². The van der Waals surface area contributed by atoms with Crippen molar-refractivity contribution in [2.75, 3.05) is 27.1 Å². The maximum absolute atomic E-state index is 8.36. The Labute approximate surface area is 127 Å². The molecule has 0 bridgehead atoms. The van der Waals surface area contributed by atoms with E-state index in [-0.39, 0.29) is 6.47 Å². The molecule has 1 atom stereocenters. The zero-order valence-corrected chi connectivity index (χ0v) is 13.0. The average molecular weight is 298 g/mol. The summed E-state index contributed by atoms with van der Waals surface area (Å²) in [4.78, 5) is 8.36. The number of terminal acetylenes is 1. The molecule has 2 rings (SSSR count). The molecule has 0 aliphatic carbocycles. The van der Waals surface area contributed by atoms with E-state index in [4.69, 9.17) is 19.4 Å².